The van der Waals surface area contributed by atoms with Crippen LogP contribution in [0, 0.1) is 0 Å². The van der Waals surface area contributed by atoms with Crippen molar-refractivity contribution >= 4 is 28.0 Å². The van der Waals surface area contributed by atoms with Gasteiger partial charge in [0, 0.05) is 28.9 Å². The molecule has 1 fully saturated rings. The van der Waals surface area contributed by atoms with Crippen molar-refractivity contribution in [2.75, 3.05) is 12.0 Å². The zero-order chi connectivity index (χ0) is 15.6. The summed E-state index contributed by atoms with van der Waals surface area (Å²) in [5.41, 5.74) is 0.627. The minimum atomic E-state index is -0.823. The van der Waals surface area contributed by atoms with Gasteiger partial charge >= 0.3 is 0 Å². The van der Waals surface area contributed by atoms with Crippen LogP contribution in [-0.4, -0.2) is 38.6 Å². The first kappa shape index (κ1) is 16.6. The molecule has 4 atom stereocenters. The molecule has 2 rings (SSSR count). The number of carbonyl (C=O) groups is 1. The maximum Gasteiger partial charge on any atom is 0.244 e. The van der Waals surface area contributed by atoms with Crippen molar-refractivity contribution in [2.45, 2.75) is 51.4 Å². The van der Waals surface area contributed by atoms with E-state index < -0.39 is 16.3 Å². The number of amides is 1. The highest BCUT2D eigenvalue weighted by Crippen LogP contribution is 2.35. The van der Waals surface area contributed by atoms with E-state index in [9.17, 15) is 9.00 Å². The van der Waals surface area contributed by atoms with Crippen molar-refractivity contribution < 1.29 is 9.00 Å². The van der Waals surface area contributed by atoms with Crippen LogP contribution in [0.3, 0.4) is 0 Å². The van der Waals surface area contributed by atoms with Crippen LogP contribution in [0.5, 0.6) is 0 Å². The van der Waals surface area contributed by atoms with Crippen LogP contribution in [0.25, 0.3) is 0 Å². The zero-order valence-electron chi connectivity index (χ0n) is 13.1. The Morgan fingerprint density at radius 1 is 1.57 bits per heavy atom. The summed E-state index contributed by atoms with van der Waals surface area (Å²) in [5, 5.41) is 7.62. The van der Waals surface area contributed by atoms with Gasteiger partial charge < -0.3 is 4.90 Å². The molecule has 0 aromatic carbocycles. The van der Waals surface area contributed by atoms with E-state index in [0.29, 0.717) is 5.75 Å². The molecular formula is C15H24N2O2S2. The van der Waals surface area contributed by atoms with E-state index in [1.54, 1.807) is 17.6 Å². The van der Waals surface area contributed by atoms with Crippen LogP contribution in [-0.2, 0) is 15.6 Å². The highest BCUT2D eigenvalue weighted by molar-refractivity contribution is 7.84. The van der Waals surface area contributed by atoms with Gasteiger partial charge in [0.2, 0.25) is 5.91 Å². The van der Waals surface area contributed by atoms with Gasteiger partial charge in [-0.2, -0.15) is 11.3 Å². The van der Waals surface area contributed by atoms with E-state index in [1.807, 2.05) is 31.1 Å². The quantitative estimate of drug-likeness (QED) is 0.873. The second-order valence-corrected chi connectivity index (χ2v) is 8.25. The molecule has 0 aliphatic carbocycles. The van der Waals surface area contributed by atoms with E-state index in [4.69, 9.17) is 0 Å². The summed E-state index contributed by atoms with van der Waals surface area (Å²) in [5.74, 6) is 0.778. The number of carbonyl (C=O) groups excluding carboxylic acids is 1. The zero-order valence-corrected chi connectivity index (χ0v) is 14.7. The number of nitrogens with zero attached hydrogens (tertiary/aromatic N) is 1. The fourth-order valence-corrected chi connectivity index (χ4v) is 4.05. The Labute approximate surface area is 133 Å². The van der Waals surface area contributed by atoms with Crippen molar-refractivity contribution in [3.05, 3.63) is 22.4 Å². The topological polar surface area (TPSA) is 49.4 Å². The molecule has 1 saturated heterocycles. The van der Waals surface area contributed by atoms with E-state index in [-0.39, 0.29) is 18.1 Å². The molecule has 118 valence electrons. The fourth-order valence-electron chi connectivity index (χ4n) is 2.69. The van der Waals surface area contributed by atoms with Crippen LogP contribution >= 0.6 is 11.3 Å². The molecule has 6 heteroatoms. The summed E-state index contributed by atoms with van der Waals surface area (Å²) in [6.07, 6.45) is 3.16. The maximum atomic E-state index is 12.8. The van der Waals surface area contributed by atoms with Crippen molar-refractivity contribution in [3.8, 4) is 0 Å². The lowest BCUT2D eigenvalue weighted by molar-refractivity contribution is -0.134. The average Bonchev–Trinajstić information content (AvgIpc) is 3.05. The minimum Gasteiger partial charge on any atom is -0.319 e. The molecule has 1 aliphatic heterocycles. The Kier molecular flexibility index (Phi) is 5.22. The standard InChI is InChI=1S/C15H24N2O2S2/c1-5-15(3)14(18)17(11(2)7-9-21(4)19)13(16-15)12-6-8-20-10-12/h6,8,10-11,13,16H,5,7,9H2,1-4H3. The lowest BCUT2D eigenvalue weighted by Gasteiger charge is -2.30. The van der Waals surface area contributed by atoms with Crippen LogP contribution in [0.1, 0.15) is 45.3 Å². The second kappa shape index (κ2) is 6.58. The van der Waals surface area contributed by atoms with Gasteiger partial charge in [-0.1, -0.05) is 6.92 Å². The van der Waals surface area contributed by atoms with Crippen molar-refractivity contribution in [1.82, 2.24) is 10.2 Å². The van der Waals surface area contributed by atoms with E-state index >= 15 is 0 Å². The highest BCUT2D eigenvalue weighted by atomic mass is 32.2. The molecule has 1 aromatic rings. The molecule has 1 aromatic heterocycles. The van der Waals surface area contributed by atoms with Gasteiger partial charge in [0.1, 0.15) is 6.17 Å². The number of nitrogens with one attached hydrogen (secondary N) is 1. The van der Waals surface area contributed by atoms with Gasteiger partial charge in [0.25, 0.3) is 0 Å². The largest absolute Gasteiger partial charge is 0.319 e. The first-order valence-electron chi connectivity index (χ1n) is 7.31. The number of hydrogen-bond donors (Lipinski definition) is 1. The lowest BCUT2D eigenvalue weighted by atomic mass is 9.99. The van der Waals surface area contributed by atoms with Gasteiger partial charge in [-0.05, 0) is 49.1 Å². The molecule has 1 N–H and O–H groups in total. The molecule has 4 unspecified atom stereocenters. The highest BCUT2D eigenvalue weighted by Gasteiger charge is 2.48. The van der Waals surface area contributed by atoms with Crippen LogP contribution < -0.4 is 5.32 Å². The monoisotopic (exact) mass is 328 g/mol. The molecule has 1 amide bonds. The van der Waals surface area contributed by atoms with Crippen molar-refractivity contribution in [2.24, 2.45) is 0 Å². The molecule has 4 nitrogen and oxygen atoms in total. The third-order valence-corrected chi connectivity index (χ3v) is 5.82. The summed E-state index contributed by atoms with van der Waals surface area (Å²) in [6, 6.07) is 2.14. The predicted molar refractivity (Wildman–Crippen MR) is 88.8 cm³/mol. The summed E-state index contributed by atoms with van der Waals surface area (Å²) < 4.78 is 11.3. The Balaban J connectivity index is 2.25. The molecule has 0 radical (unpaired) electrons. The molecular weight excluding hydrogens is 304 g/mol. The maximum absolute atomic E-state index is 12.8. The summed E-state index contributed by atoms with van der Waals surface area (Å²) in [6.45, 7) is 6.05. The van der Waals surface area contributed by atoms with Crippen LogP contribution in [0.2, 0.25) is 0 Å². The summed E-state index contributed by atoms with van der Waals surface area (Å²) in [4.78, 5) is 14.8. The third-order valence-electron chi connectivity index (χ3n) is 4.30. The van der Waals surface area contributed by atoms with Crippen LogP contribution in [0.4, 0.5) is 0 Å². The number of rotatable bonds is 6. The molecule has 0 spiro atoms. The van der Waals surface area contributed by atoms with Crippen LogP contribution in [0.15, 0.2) is 16.8 Å². The number of thiophene rings is 1. The molecule has 2 heterocycles. The normalized spacial score (nSPS) is 28.9. The van der Waals surface area contributed by atoms with E-state index in [0.717, 1.165) is 18.4 Å². The van der Waals surface area contributed by atoms with Gasteiger partial charge in [0.05, 0.1) is 5.54 Å². The first-order chi connectivity index (χ1) is 9.89. The molecule has 1 aliphatic rings. The predicted octanol–water partition coefficient (Wildman–Crippen LogP) is 2.50. The van der Waals surface area contributed by atoms with Gasteiger partial charge in [0.15, 0.2) is 0 Å². The second-order valence-electron chi connectivity index (χ2n) is 5.92. The molecule has 0 bridgehead atoms. The van der Waals surface area contributed by atoms with E-state index in [1.165, 1.54) is 0 Å². The third kappa shape index (κ3) is 3.38. The van der Waals surface area contributed by atoms with Gasteiger partial charge in [-0.25, -0.2) is 0 Å². The molecule has 0 saturated carbocycles. The van der Waals surface area contributed by atoms with E-state index in [2.05, 4.69) is 16.8 Å². The fraction of sp³-hybridized carbons (Fsp3) is 0.667. The SMILES string of the molecule is CCC1(C)NC(c2ccsc2)N(C(C)CCS(C)=O)C1=O. The molecule has 21 heavy (non-hydrogen) atoms. The van der Waals surface area contributed by atoms with Crippen molar-refractivity contribution in [1.29, 1.82) is 0 Å². The Morgan fingerprint density at radius 2 is 2.29 bits per heavy atom. The minimum absolute atomic E-state index is 0.0750. The Bertz CT molecular complexity index is 518. The van der Waals surface area contributed by atoms with Crippen molar-refractivity contribution in [3.63, 3.8) is 0 Å². The number of hydrogen-bond acceptors (Lipinski definition) is 4. The lowest BCUT2D eigenvalue weighted by Crippen LogP contribution is -2.44. The summed E-state index contributed by atoms with van der Waals surface area (Å²) >= 11 is 1.64. The Hall–Kier alpha value is -0.720. The van der Waals surface area contributed by atoms with Gasteiger partial charge in [-0.15, -0.1) is 0 Å². The summed E-state index contributed by atoms with van der Waals surface area (Å²) in [7, 11) is -0.823. The average molecular weight is 329 g/mol. The smallest absolute Gasteiger partial charge is 0.244 e. The first-order valence-corrected chi connectivity index (χ1v) is 9.98. The Morgan fingerprint density at radius 3 is 2.81 bits per heavy atom. The van der Waals surface area contributed by atoms with Gasteiger partial charge in [-0.3, -0.25) is 14.3 Å².